The Labute approximate surface area is 76.7 Å². The largest absolute Gasteiger partial charge is 0.370 e. The molecule has 1 aromatic rings. The number of amides is 1. The van der Waals surface area contributed by atoms with Gasteiger partial charge in [0.1, 0.15) is 0 Å². The standard InChI is InChI=1S/C8H14N4O/c1-6(4-8(9)13)10-5-7-2-3-11-12-7/h2-3,6,10H,4-5H2,1H3,(H2,9,13)(H,11,12). The van der Waals surface area contributed by atoms with Crippen LogP contribution >= 0.6 is 0 Å². The fourth-order valence-electron chi connectivity index (χ4n) is 1.04. The first-order valence-corrected chi connectivity index (χ1v) is 4.18. The van der Waals surface area contributed by atoms with Gasteiger partial charge in [-0.15, -0.1) is 0 Å². The van der Waals surface area contributed by atoms with Gasteiger partial charge in [0.15, 0.2) is 0 Å². The quantitative estimate of drug-likeness (QED) is 0.587. The molecule has 0 aliphatic rings. The van der Waals surface area contributed by atoms with E-state index in [2.05, 4.69) is 15.5 Å². The molecule has 0 fully saturated rings. The highest BCUT2D eigenvalue weighted by Gasteiger charge is 2.04. The lowest BCUT2D eigenvalue weighted by atomic mass is 10.2. The molecule has 0 aliphatic carbocycles. The number of aromatic nitrogens is 2. The normalized spacial score (nSPS) is 12.7. The number of hydrogen-bond donors (Lipinski definition) is 3. The van der Waals surface area contributed by atoms with Gasteiger partial charge in [-0.2, -0.15) is 5.10 Å². The fraction of sp³-hybridized carbons (Fsp3) is 0.500. The lowest BCUT2D eigenvalue weighted by molar-refractivity contribution is -0.118. The summed E-state index contributed by atoms with van der Waals surface area (Å²) in [7, 11) is 0. The average Bonchev–Trinajstić information content (AvgIpc) is 2.51. The van der Waals surface area contributed by atoms with Crippen molar-refractivity contribution < 1.29 is 4.79 Å². The van der Waals surface area contributed by atoms with Gasteiger partial charge in [0.2, 0.25) is 5.91 Å². The molecule has 0 aromatic carbocycles. The molecule has 13 heavy (non-hydrogen) atoms. The number of nitrogens with zero attached hydrogens (tertiary/aromatic N) is 1. The van der Waals surface area contributed by atoms with E-state index in [0.29, 0.717) is 13.0 Å². The lowest BCUT2D eigenvalue weighted by Gasteiger charge is -2.10. The molecule has 1 aromatic heterocycles. The number of nitrogens with two attached hydrogens (primary N) is 1. The Morgan fingerprint density at radius 2 is 2.62 bits per heavy atom. The third-order valence-electron chi connectivity index (χ3n) is 1.71. The van der Waals surface area contributed by atoms with Crippen LogP contribution in [0, 0.1) is 0 Å². The van der Waals surface area contributed by atoms with Crippen LogP contribution in [0.5, 0.6) is 0 Å². The van der Waals surface area contributed by atoms with Gasteiger partial charge in [0, 0.05) is 30.9 Å². The Balaban J connectivity index is 2.22. The smallest absolute Gasteiger partial charge is 0.218 e. The summed E-state index contributed by atoms with van der Waals surface area (Å²) in [5.41, 5.74) is 6.04. The first-order valence-electron chi connectivity index (χ1n) is 4.18. The summed E-state index contributed by atoms with van der Waals surface area (Å²) in [6.45, 7) is 2.59. The van der Waals surface area contributed by atoms with E-state index in [-0.39, 0.29) is 11.9 Å². The summed E-state index contributed by atoms with van der Waals surface area (Å²) in [5, 5.41) is 9.77. The van der Waals surface area contributed by atoms with Crippen LogP contribution in [0.3, 0.4) is 0 Å². The Bertz CT molecular complexity index is 257. The number of carbonyl (C=O) groups is 1. The highest BCUT2D eigenvalue weighted by molar-refractivity contribution is 5.74. The molecule has 0 saturated heterocycles. The van der Waals surface area contributed by atoms with Crippen LogP contribution in [-0.4, -0.2) is 22.1 Å². The van der Waals surface area contributed by atoms with Crippen molar-refractivity contribution in [2.45, 2.75) is 25.9 Å². The van der Waals surface area contributed by atoms with Gasteiger partial charge in [-0.1, -0.05) is 0 Å². The van der Waals surface area contributed by atoms with Crippen molar-refractivity contribution in [1.29, 1.82) is 0 Å². The molecular formula is C8H14N4O. The van der Waals surface area contributed by atoms with Gasteiger partial charge in [0.25, 0.3) is 0 Å². The van der Waals surface area contributed by atoms with Crippen molar-refractivity contribution in [3.8, 4) is 0 Å². The highest BCUT2D eigenvalue weighted by atomic mass is 16.1. The molecule has 72 valence electrons. The van der Waals surface area contributed by atoms with E-state index in [9.17, 15) is 4.79 Å². The second-order valence-corrected chi connectivity index (χ2v) is 3.03. The van der Waals surface area contributed by atoms with E-state index in [1.54, 1.807) is 6.20 Å². The lowest BCUT2D eigenvalue weighted by Crippen LogP contribution is -2.30. The molecule has 1 amide bonds. The van der Waals surface area contributed by atoms with Crippen molar-refractivity contribution in [1.82, 2.24) is 15.5 Å². The number of hydrogen-bond acceptors (Lipinski definition) is 3. The number of rotatable bonds is 5. The van der Waals surface area contributed by atoms with Crippen LogP contribution in [0.4, 0.5) is 0 Å². The van der Waals surface area contributed by atoms with E-state index >= 15 is 0 Å². The number of primary amides is 1. The zero-order chi connectivity index (χ0) is 9.68. The Morgan fingerprint density at radius 1 is 1.85 bits per heavy atom. The molecule has 0 spiro atoms. The topological polar surface area (TPSA) is 83.8 Å². The van der Waals surface area contributed by atoms with E-state index in [0.717, 1.165) is 5.69 Å². The van der Waals surface area contributed by atoms with Crippen molar-refractivity contribution in [2.24, 2.45) is 5.73 Å². The molecule has 1 atom stereocenters. The zero-order valence-electron chi connectivity index (χ0n) is 7.58. The van der Waals surface area contributed by atoms with Gasteiger partial charge in [-0.05, 0) is 13.0 Å². The Kier molecular flexibility index (Phi) is 3.45. The minimum atomic E-state index is -0.287. The Hall–Kier alpha value is -1.36. The maximum atomic E-state index is 10.5. The first kappa shape index (κ1) is 9.73. The highest BCUT2D eigenvalue weighted by Crippen LogP contribution is 1.94. The fourth-order valence-corrected chi connectivity index (χ4v) is 1.04. The van der Waals surface area contributed by atoms with E-state index in [1.807, 2.05) is 13.0 Å². The van der Waals surface area contributed by atoms with Gasteiger partial charge in [0.05, 0.1) is 0 Å². The summed E-state index contributed by atoms with van der Waals surface area (Å²) in [4.78, 5) is 10.5. The number of H-pyrrole nitrogens is 1. The van der Waals surface area contributed by atoms with Crippen molar-refractivity contribution in [2.75, 3.05) is 0 Å². The van der Waals surface area contributed by atoms with E-state index in [1.165, 1.54) is 0 Å². The predicted octanol–water partition coefficient (Wildman–Crippen LogP) is -0.237. The maximum Gasteiger partial charge on any atom is 0.218 e. The molecule has 1 unspecified atom stereocenters. The van der Waals surface area contributed by atoms with Crippen molar-refractivity contribution in [3.63, 3.8) is 0 Å². The molecule has 0 aliphatic heterocycles. The van der Waals surface area contributed by atoms with Crippen LogP contribution < -0.4 is 11.1 Å². The van der Waals surface area contributed by atoms with Crippen LogP contribution in [0.2, 0.25) is 0 Å². The third-order valence-corrected chi connectivity index (χ3v) is 1.71. The van der Waals surface area contributed by atoms with Gasteiger partial charge in [-0.3, -0.25) is 9.89 Å². The van der Waals surface area contributed by atoms with Crippen LogP contribution in [0.15, 0.2) is 12.3 Å². The zero-order valence-corrected chi connectivity index (χ0v) is 7.58. The predicted molar refractivity (Wildman–Crippen MR) is 48.7 cm³/mol. The molecule has 0 saturated carbocycles. The van der Waals surface area contributed by atoms with Gasteiger partial charge in [-0.25, -0.2) is 0 Å². The minimum Gasteiger partial charge on any atom is -0.370 e. The molecular weight excluding hydrogens is 168 g/mol. The molecule has 5 heteroatoms. The second-order valence-electron chi connectivity index (χ2n) is 3.03. The second kappa shape index (κ2) is 4.61. The van der Waals surface area contributed by atoms with E-state index in [4.69, 9.17) is 5.73 Å². The number of carbonyl (C=O) groups excluding carboxylic acids is 1. The van der Waals surface area contributed by atoms with Crippen LogP contribution in [0.1, 0.15) is 19.0 Å². The van der Waals surface area contributed by atoms with Gasteiger partial charge >= 0.3 is 0 Å². The summed E-state index contributed by atoms with van der Waals surface area (Å²) >= 11 is 0. The minimum absolute atomic E-state index is 0.0980. The molecule has 1 heterocycles. The van der Waals surface area contributed by atoms with Crippen LogP contribution in [-0.2, 0) is 11.3 Å². The van der Waals surface area contributed by atoms with Crippen molar-refractivity contribution in [3.05, 3.63) is 18.0 Å². The average molecular weight is 182 g/mol. The molecule has 0 radical (unpaired) electrons. The molecule has 4 N–H and O–H groups in total. The summed E-state index contributed by atoms with van der Waals surface area (Å²) in [6, 6.07) is 1.98. The molecule has 0 bridgehead atoms. The van der Waals surface area contributed by atoms with E-state index < -0.39 is 0 Å². The molecule has 1 rings (SSSR count). The maximum absolute atomic E-state index is 10.5. The first-order chi connectivity index (χ1) is 6.18. The van der Waals surface area contributed by atoms with Crippen LogP contribution in [0.25, 0.3) is 0 Å². The molecule has 5 nitrogen and oxygen atoms in total. The number of aromatic amines is 1. The Morgan fingerprint density at radius 3 is 3.15 bits per heavy atom. The third kappa shape index (κ3) is 3.71. The van der Waals surface area contributed by atoms with Gasteiger partial charge < -0.3 is 11.1 Å². The monoisotopic (exact) mass is 182 g/mol. The number of nitrogens with one attached hydrogen (secondary N) is 2. The summed E-state index contributed by atoms with van der Waals surface area (Å²) < 4.78 is 0. The summed E-state index contributed by atoms with van der Waals surface area (Å²) in [6.07, 6.45) is 2.05. The summed E-state index contributed by atoms with van der Waals surface area (Å²) in [5.74, 6) is -0.287. The SMILES string of the molecule is CC(CC(N)=O)NCc1ccn[nH]1. The van der Waals surface area contributed by atoms with Crippen molar-refractivity contribution >= 4 is 5.91 Å².